The highest BCUT2D eigenvalue weighted by Gasteiger charge is 2.39. The fraction of sp³-hybridized carbons (Fsp3) is 0.692. The molecule has 1 aliphatic rings. The molecule has 0 aliphatic heterocycles. The maximum absolute atomic E-state index is 13.5. The van der Waals surface area contributed by atoms with E-state index in [1.165, 1.54) is 0 Å². The fourth-order valence-electron chi connectivity index (χ4n) is 2.48. The zero-order chi connectivity index (χ0) is 13.3. The molecule has 0 spiro atoms. The van der Waals surface area contributed by atoms with Crippen LogP contribution in [0.1, 0.15) is 44.1 Å². The van der Waals surface area contributed by atoms with Crippen LogP contribution in [0.15, 0.2) is 0 Å². The van der Waals surface area contributed by atoms with Gasteiger partial charge in [0.1, 0.15) is 5.60 Å². The maximum atomic E-state index is 13.5. The van der Waals surface area contributed by atoms with Gasteiger partial charge in [-0.15, -0.1) is 0 Å². The third-order valence-corrected chi connectivity index (χ3v) is 4.11. The number of rotatable bonds is 2. The highest BCUT2D eigenvalue weighted by atomic mass is 35.5. The van der Waals surface area contributed by atoms with Crippen LogP contribution in [0.5, 0.6) is 0 Å². The molecule has 3 nitrogen and oxygen atoms in total. The Balaban J connectivity index is 2.39. The van der Waals surface area contributed by atoms with Crippen molar-refractivity contribution in [1.82, 2.24) is 9.97 Å². The predicted octanol–water partition coefficient (Wildman–Crippen LogP) is 3.63. The number of hydrogen-bond donors (Lipinski definition) is 0. The Morgan fingerprint density at radius 3 is 2.44 bits per heavy atom. The monoisotopic (exact) mass is 272 g/mol. The van der Waals surface area contributed by atoms with E-state index >= 15 is 0 Å². The van der Waals surface area contributed by atoms with E-state index in [0.29, 0.717) is 11.7 Å². The Labute approximate surface area is 112 Å². The van der Waals surface area contributed by atoms with Crippen LogP contribution in [0.25, 0.3) is 0 Å². The molecule has 100 valence electrons. The lowest BCUT2D eigenvalue weighted by atomic mass is 9.79. The van der Waals surface area contributed by atoms with Crippen molar-refractivity contribution >= 4 is 11.6 Å². The fourth-order valence-corrected chi connectivity index (χ4v) is 2.69. The van der Waals surface area contributed by atoms with Gasteiger partial charge < -0.3 is 4.74 Å². The average molecular weight is 273 g/mol. The molecule has 1 heterocycles. The van der Waals surface area contributed by atoms with E-state index in [1.54, 1.807) is 14.0 Å². The summed E-state index contributed by atoms with van der Waals surface area (Å²) in [5, 5.41) is -0.118. The third kappa shape index (κ3) is 2.36. The van der Waals surface area contributed by atoms with Crippen molar-refractivity contribution in [2.45, 2.75) is 45.1 Å². The minimum atomic E-state index is -0.546. The first kappa shape index (κ1) is 13.7. The smallest absolute Gasteiger partial charge is 0.181 e. The molecule has 0 N–H and O–H groups in total. The van der Waals surface area contributed by atoms with Crippen LogP contribution in [0, 0.1) is 18.7 Å². The summed E-state index contributed by atoms with van der Waals surface area (Å²) in [6.07, 6.45) is 3.83. The maximum Gasteiger partial charge on any atom is 0.181 e. The summed E-state index contributed by atoms with van der Waals surface area (Å²) in [6.45, 7) is 3.82. The van der Waals surface area contributed by atoms with E-state index in [0.717, 1.165) is 25.7 Å². The molecule has 0 amide bonds. The van der Waals surface area contributed by atoms with Crippen molar-refractivity contribution in [2.75, 3.05) is 7.11 Å². The molecule has 1 fully saturated rings. The van der Waals surface area contributed by atoms with E-state index in [2.05, 4.69) is 16.9 Å². The highest BCUT2D eigenvalue weighted by molar-refractivity contribution is 6.29. The van der Waals surface area contributed by atoms with Gasteiger partial charge in [-0.05, 0) is 38.5 Å². The van der Waals surface area contributed by atoms with Crippen molar-refractivity contribution in [3.05, 3.63) is 22.5 Å². The van der Waals surface area contributed by atoms with Crippen molar-refractivity contribution < 1.29 is 9.13 Å². The summed E-state index contributed by atoms with van der Waals surface area (Å²) in [5.41, 5.74) is -0.228. The summed E-state index contributed by atoms with van der Waals surface area (Å²) in [4.78, 5) is 8.31. The molecular weight excluding hydrogens is 255 g/mol. The van der Waals surface area contributed by atoms with Crippen LogP contribution in [0.2, 0.25) is 5.15 Å². The predicted molar refractivity (Wildman–Crippen MR) is 68.1 cm³/mol. The van der Waals surface area contributed by atoms with Crippen molar-refractivity contribution in [2.24, 2.45) is 5.92 Å². The second-order valence-corrected chi connectivity index (χ2v) is 5.48. The molecule has 0 unspecified atom stereocenters. The first-order valence-corrected chi connectivity index (χ1v) is 6.61. The standard InChI is InChI=1S/C13H18ClFN2O/c1-8-4-6-13(18-3,7-5-8)12-16-9(2)10(15)11(14)17-12/h8H,4-7H2,1-3H3. The zero-order valence-corrected chi connectivity index (χ0v) is 11.7. The Morgan fingerprint density at radius 2 is 1.94 bits per heavy atom. The summed E-state index contributed by atoms with van der Waals surface area (Å²) in [7, 11) is 1.66. The molecule has 2 rings (SSSR count). The number of ether oxygens (including phenoxy) is 1. The molecule has 0 atom stereocenters. The number of aryl methyl sites for hydroxylation is 1. The van der Waals surface area contributed by atoms with Gasteiger partial charge in [-0.25, -0.2) is 14.4 Å². The molecule has 1 saturated carbocycles. The lowest BCUT2D eigenvalue weighted by Crippen LogP contribution is -2.35. The van der Waals surface area contributed by atoms with Crippen LogP contribution in [0.3, 0.4) is 0 Å². The van der Waals surface area contributed by atoms with Crippen LogP contribution in [-0.4, -0.2) is 17.1 Å². The molecular formula is C13H18ClFN2O. The third-order valence-electron chi connectivity index (χ3n) is 3.86. The van der Waals surface area contributed by atoms with E-state index in [4.69, 9.17) is 16.3 Å². The van der Waals surface area contributed by atoms with Gasteiger partial charge >= 0.3 is 0 Å². The van der Waals surface area contributed by atoms with E-state index in [1.807, 2.05) is 0 Å². The minimum Gasteiger partial charge on any atom is -0.370 e. The van der Waals surface area contributed by atoms with Gasteiger partial charge in [0, 0.05) is 7.11 Å². The van der Waals surface area contributed by atoms with Gasteiger partial charge in [-0.3, -0.25) is 0 Å². The van der Waals surface area contributed by atoms with Gasteiger partial charge in [-0.1, -0.05) is 18.5 Å². The Kier molecular flexibility index (Phi) is 3.87. The number of nitrogens with zero attached hydrogens (tertiary/aromatic N) is 2. The van der Waals surface area contributed by atoms with Crippen LogP contribution >= 0.6 is 11.6 Å². The minimum absolute atomic E-state index is 0.118. The van der Waals surface area contributed by atoms with Gasteiger partial charge in [0.05, 0.1) is 5.69 Å². The molecule has 0 radical (unpaired) electrons. The molecule has 1 aromatic rings. The van der Waals surface area contributed by atoms with Crippen molar-refractivity contribution in [3.63, 3.8) is 0 Å². The van der Waals surface area contributed by atoms with Gasteiger partial charge in [0.2, 0.25) is 0 Å². The van der Waals surface area contributed by atoms with E-state index in [-0.39, 0.29) is 10.8 Å². The molecule has 1 aromatic heterocycles. The molecule has 5 heteroatoms. The van der Waals surface area contributed by atoms with Crippen LogP contribution in [0.4, 0.5) is 4.39 Å². The first-order valence-electron chi connectivity index (χ1n) is 6.24. The summed E-state index contributed by atoms with van der Waals surface area (Å²) >= 11 is 5.80. The lowest BCUT2D eigenvalue weighted by Gasteiger charge is -2.37. The molecule has 0 saturated heterocycles. The molecule has 1 aliphatic carbocycles. The second-order valence-electron chi connectivity index (χ2n) is 5.12. The molecule has 0 aromatic carbocycles. The number of methoxy groups -OCH3 is 1. The lowest BCUT2D eigenvalue weighted by molar-refractivity contribution is -0.0599. The Morgan fingerprint density at radius 1 is 1.33 bits per heavy atom. The summed E-state index contributed by atoms with van der Waals surface area (Å²) < 4.78 is 19.1. The molecule has 18 heavy (non-hydrogen) atoms. The zero-order valence-electron chi connectivity index (χ0n) is 11.0. The SMILES string of the molecule is COC1(c2nc(C)c(F)c(Cl)n2)CCC(C)CC1. The van der Waals surface area contributed by atoms with E-state index in [9.17, 15) is 4.39 Å². The number of halogens is 2. The van der Waals surface area contributed by atoms with Crippen LogP contribution in [-0.2, 0) is 10.3 Å². The van der Waals surface area contributed by atoms with Gasteiger partial charge in [0.25, 0.3) is 0 Å². The van der Waals surface area contributed by atoms with E-state index < -0.39 is 11.4 Å². The topological polar surface area (TPSA) is 35.0 Å². The van der Waals surface area contributed by atoms with Crippen molar-refractivity contribution in [3.8, 4) is 0 Å². The highest BCUT2D eigenvalue weighted by Crippen LogP contribution is 2.41. The van der Waals surface area contributed by atoms with Gasteiger partial charge in [0.15, 0.2) is 16.8 Å². The number of hydrogen-bond acceptors (Lipinski definition) is 3. The Bertz CT molecular complexity index is 422. The second kappa shape index (κ2) is 5.10. The van der Waals surface area contributed by atoms with Gasteiger partial charge in [-0.2, -0.15) is 0 Å². The summed E-state index contributed by atoms with van der Waals surface area (Å²) in [6, 6.07) is 0. The Hall–Kier alpha value is -0.740. The van der Waals surface area contributed by atoms with Crippen LogP contribution < -0.4 is 0 Å². The normalized spacial score (nSPS) is 28.4. The average Bonchev–Trinajstić information content (AvgIpc) is 2.37. The number of aromatic nitrogens is 2. The largest absolute Gasteiger partial charge is 0.370 e. The van der Waals surface area contributed by atoms with Crippen molar-refractivity contribution in [1.29, 1.82) is 0 Å². The first-order chi connectivity index (χ1) is 8.48. The quantitative estimate of drug-likeness (QED) is 0.771. The summed E-state index contributed by atoms with van der Waals surface area (Å²) in [5.74, 6) is 0.655. The molecule has 0 bridgehead atoms.